The predicted octanol–water partition coefficient (Wildman–Crippen LogP) is 3.20. The summed E-state index contributed by atoms with van der Waals surface area (Å²) < 4.78 is 5.47. The first kappa shape index (κ1) is 13.3. The average molecular weight is 257 g/mol. The molecule has 0 bridgehead atoms. The summed E-state index contributed by atoms with van der Waals surface area (Å²) >= 11 is 0. The van der Waals surface area contributed by atoms with Crippen molar-refractivity contribution < 1.29 is 4.74 Å². The summed E-state index contributed by atoms with van der Waals surface area (Å²) in [4.78, 5) is 8.58. The lowest BCUT2D eigenvalue weighted by molar-refractivity contribution is 0.414. The molecular formula is C15H19N3O. The van der Waals surface area contributed by atoms with E-state index in [4.69, 9.17) is 4.74 Å². The molecule has 0 saturated heterocycles. The summed E-state index contributed by atoms with van der Waals surface area (Å²) in [7, 11) is 1.64. The Morgan fingerprint density at radius 3 is 2.58 bits per heavy atom. The Morgan fingerprint density at radius 2 is 1.95 bits per heavy atom. The number of rotatable bonds is 4. The summed E-state index contributed by atoms with van der Waals surface area (Å²) in [6, 6.07) is 6.28. The molecule has 2 aromatic rings. The van der Waals surface area contributed by atoms with Gasteiger partial charge in [-0.05, 0) is 38.0 Å². The van der Waals surface area contributed by atoms with Gasteiger partial charge in [0.25, 0.3) is 0 Å². The number of aromatic nitrogens is 2. The highest BCUT2D eigenvalue weighted by Crippen LogP contribution is 2.33. The smallest absolute Gasteiger partial charge is 0.187 e. The molecule has 0 spiro atoms. The van der Waals surface area contributed by atoms with Crippen molar-refractivity contribution in [3.05, 3.63) is 35.7 Å². The van der Waals surface area contributed by atoms with Crippen molar-refractivity contribution in [2.24, 2.45) is 0 Å². The Balaban J connectivity index is 2.54. The molecule has 0 fully saturated rings. The molecule has 100 valence electrons. The van der Waals surface area contributed by atoms with Gasteiger partial charge in [0, 0.05) is 12.1 Å². The van der Waals surface area contributed by atoms with E-state index in [1.807, 2.05) is 6.92 Å². The molecule has 4 heteroatoms. The lowest BCUT2D eigenvalue weighted by Gasteiger charge is -2.13. The maximum atomic E-state index is 5.47. The quantitative estimate of drug-likeness (QED) is 0.913. The summed E-state index contributed by atoms with van der Waals surface area (Å²) in [5.41, 5.74) is 4.37. The molecule has 0 aliphatic carbocycles. The highest BCUT2D eigenvalue weighted by Gasteiger charge is 2.13. The van der Waals surface area contributed by atoms with Gasteiger partial charge in [-0.2, -0.15) is 0 Å². The first-order valence-electron chi connectivity index (χ1n) is 6.37. The van der Waals surface area contributed by atoms with E-state index in [0.717, 1.165) is 23.6 Å². The van der Waals surface area contributed by atoms with Crippen LogP contribution in [0.15, 0.2) is 24.5 Å². The number of nitrogens with one attached hydrogen (secondary N) is 1. The van der Waals surface area contributed by atoms with Crippen molar-refractivity contribution in [3.63, 3.8) is 0 Å². The Kier molecular flexibility index (Phi) is 4.00. The number of anilines is 1. The zero-order valence-electron chi connectivity index (χ0n) is 11.8. The van der Waals surface area contributed by atoms with Gasteiger partial charge in [-0.3, -0.25) is 0 Å². The number of ether oxygens (including phenoxy) is 1. The predicted molar refractivity (Wildman–Crippen MR) is 77.7 cm³/mol. The fourth-order valence-electron chi connectivity index (χ4n) is 1.95. The zero-order chi connectivity index (χ0) is 13.8. The maximum Gasteiger partial charge on any atom is 0.187 e. The third kappa shape index (κ3) is 2.67. The Labute approximate surface area is 113 Å². The van der Waals surface area contributed by atoms with Crippen molar-refractivity contribution in [3.8, 4) is 17.0 Å². The molecular weight excluding hydrogens is 238 g/mol. The van der Waals surface area contributed by atoms with E-state index in [1.165, 1.54) is 11.1 Å². The first-order valence-corrected chi connectivity index (χ1v) is 6.37. The van der Waals surface area contributed by atoms with E-state index >= 15 is 0 Å². The molecule has 0 aliphatic rings. The lowest BCUT2D eigenvalue weighted by Crippen LogP contribution is -2.04. The molecule has 1 aromatic heterocycles. The van der Waals surface area contributed by atoms with Crippen molar-refractivity contribution in [1.82, 2.24) is 9.97 Å². The van der Waals surface area contributed by atoms with Crippen molar-refractivity contribution in [2.45, 2.75) is 20.8 Å². The normalized spacial score (nSPS) is 10.3. The van der Waals surface area contributed by atoms with Gasteiger partial charge in [0.15, 0.2) is 11.6 Å². The second-order valence-electron chi connectivity index (χ2n) is 4.43. The van der Waals surface area contributed by atoms with Crippen LogP contribution in [-0.4, -0.2) is 23.6 Å². The molecule has 0 aliphatic heterocycles. The average Bonchev–Trinajstić information content (AvgIpc) is 2.42. The van der Waals surface area contributed by atoms with Gasteiger partial charge < -0.3 is 10.1 Å². The molecule has 0 atom stereocenters. The van der Waals surface area contributed by atoms with Gasteiger partial charge in [-0.25, -0.2) is 9.97 Å². The van der Waals surface area contributed by atoms with Crippen LogP contribution in [0.4, 0.5) is 5.82 Å². The Bertz CT molecular complexity index is 582. The largest absolute Gasteiger partial charge is 0.491 e. The third-order valence-corrected chi connectivity index (χ3v) is 3.13. The van der Waals surface area contributed by atoms with Crippen LogP contribution in [0.1, 0.15) is 18.1 Å². The van der Waals surface area contributed by atoms with Crippen molar-refractivity contribution in [1.29, 1.82) is 0 Å². The second-order valence-corrected chi connectivity index (χ2v) is 4.43. The maximum absolute atomic E-state index is 5.47. The highest BCUT2D eigenvalue weighted by atomic mass is 16.5. The molecule has 19 heavy (non-hydrogen) atoms. The lowest BCUT2D eigenvalue weighted by atomic mass is 10.0. The van der Waals surface area contributed by atoms with E-state index in [-0.39, 0.29) is 0 Å². The van der Waals surface area contributed by atoms with E-state index in [1.54, 1.807) is 13.4 Å². The highest BCUT2D eigenvalue weighted by molar-refractivity contribution is 5.73. The van der Waals surface area contributed by atoms with Crippen molar-refractivity contribution >= 4 is 5.82 Å². The standard InChI is InChI=1S/C15H19N3O/c1-5-16-15-14(19-4)13(17-9-18-15)12-7-6-10(2)11(3)8-12/h6-9H,5H2,1-4H3,(H,16,17,18). The van der Waals surface area contributed by atoms with E-state index in [9.17, 15) is 0 Å². The van der Waals surface area contributed by atoms with Crippen LogP contribution in [0.2, 0.25) is 0 Å². The van der Waals surface area contributed by atoms with Crippen LogP contribution < -0.4 is 10.1 Å². The molecule has 1 N–H and O–H groups in total. The van der Waals surface area contributed by atoms with Crippen LogP contribution in [0, 0.1) is 13.8 Å². The molecule has 2 rings (SSSR count). The number of methoxy groups -OCH3 is 1. The number of hydrogen-bond donors (Lipinski definition) is 1. The van der Waals surface area contributed by atoms with E-state index in [2.05, 4.69) is 47.3 Å². The monoisotopic (exact) mass is 257 g/mol. The van der Waals surface area contributed by atoms with Gasteiger partial charge in [0.2, 0.25) is 0 Å². The Morgan fingerprint density at radius 1 is 1.16 bits per heavy atom. The summed E-state index contributed by atoms with van der Waals surface area (Å²) in [5.74, 6) is 1.42. The van der Waals surface area contributed by atoms with E-state index in [0.29, 0.717) is 5.75 Å². The fourth-order valence-corrected chi connectivity index (χ4v) is 1.95. The summed E-state index contributed by atoms with van der Waals surface area (Å²) in [6.07, 6.45) is 1.56. The molecule has 0 saturated carbocycles. The molecule has 1 aromatic carbocycles. The summed E-state index contributed by atoms with van der Waals surface area (Å²) in [6.45, 7) is 7.01. The van der Waals surface area contributed by atoms with E-state index < -0.39 is 0 Å². The molecule has 0 amide bonds. The van der Waals surface area contributed by atoms with Crippen LogP contribution in [0.5, 0.6) is 5.75 Å². The van der Waals surface area contributed by atoms with Gasteiger partial charge in [-0.1, -0.05) is 12.1 Å². The minimum atomic E-state index is 0.688. The molecule has 0 unspecified atom stereocenters. The SMILES string of the molecule is CCNc1ncnc(-c2ccc(C)c(C)c2)c1OC. The second kappa shape index (κ2) is 5.69. The Hall–Kier alpha value is -2.10. The molecule has 4 nitrogen and oxygen atoms in total. The number of nitrogens with zero attached hydrogens (tertiary/aromatic N) is 2. The fraction of sp³-hybridized carbons (Fsp3) is 0.333. The van der Waals surface area contributed by atoms with Crippen LogP contribution in [0.3, 0.4) is 0 Å². The third-order valence-electron chi connectivity index (χ3n) is 3.13. The topological polar surface area (TPSA) is 47.0 Å². The van der Waals surface area contributed by atoms with Crippen LogP contribution >= 0.6 is 0 Å². The summed E-state index contributed by atoms with van der Waals surface area (Å²) in [5, 5.41) is 3.19. The van der Waals surface area contributed by atoms with Crippen LogP contribution in [0.25, 0.3) is 11.3 Å². The molecule has 1 heterocycles. The number of aryl methyl sites for hydroxylation is 2. The zero-order valence-corrected chi connectivity index (χ0v) is 11.8. The number of benzene rings is 1. The van der Waals surface area contributed by atoms with Crippen LogP contribution in [-0.2, 0) is 0 Å². The van der Waals surface area contributed by atoms with Crippen molar-refractivity contribution in [2.75, 3.05) is 19.0 Å². The number of hydrogen-bond acceptors (Lipinski definition) is 4. The first-order chi connectivity index (χ1) is 9.17. The minimum Gasteiger partial charge on any atom is -0.491 e. The van der Waals surface area contributed by atoms with Gasteiger partial charge in [0.1, 0.15) is 12.0 Å². The molecule has 0 radical (unpaired) electrons. The van der Waals surface area contributed by atoms with Gasteiger partial charge in [-0.15, -0.1) is 0 Å². The van der Waals surface area contributed by atoms with Gasteiger partial charge >= 0.3 is 0 Å². The minimum absolute atomic E-state index is 0.688. The van der Waals surface area contributed by atoms with Gasteiger partial charge in [0.05, 0.1) is 7.11 Å².